The summed E-state index contributed by atoms with van der Waals surface area (Å²) >= 11 is 6.00. The van der Waals surface area contributed by atoms with Crippen molar-refractivity contribution in [2.24, 2.45) is 0 Å². The fraction of sp³-hybridized carbons (Fsp3) is 1.00. The summed E-state index contributed by atoms with van der Waals surface area (Å²) in [5.41, 5.74) is 7.36. The van der Waals surface area contributed by atoms with E-state index in [0.29, 0.717) is 0 Å². The van der Waals surface area contributed by atoms with Crippen LogP contribution in [0.15, 0.2) is 0 Å². The Bertz CT molecular complexity index is 490. The molecule has 41 heavy (non-hydrogen) atoms. The topological polar surface area (TPSA) is 0 Å². The van der Waals surface area contributed by atoms with Gasteiger partial charge in [0, 0.05) is 15.8 Å². The summed E-state index contributed by atoms with van der Waals surface area (Å²) in [7, 11) is 1.16. The molecule has 0 nitrogen and oxygen atoms in total. The molecule has 0 aromatic rings. The molecular weight excluding hydrogens is 713 g/mol. The van der Waals surface area contributed by atoms with Crippen LogP contribution in [0.5, 0.6) is 0 Å². The molecule has 6 rings (SSSR count). The zero-order valence-electron chi connectivity index (χ0n) is 26.7. The fourth-order valence-electron chi connectivity index (χ4n) is 10.6. The summed E-state index contributed by atoms with van der Waals surface area (Å²) in [4.78, 5) is 0. The molecule has 244 valence electrons. The molecule has 6 aliphatic rings. The van der Waals surface area contributed by atoms with Gasteiger partial charge in [0.15, 0.2) is 0 Å². The predicted molar refractivity (Wildman–Crippen MR) is 196 cm³/mol. The van der Waals surface area contributed by atoms with Crippen molar-refractivity contribution in [1.82, 2.24) is 0 Å². The van der Waals surface area contributed by atoms with Crippen molar-refractivity contribution in [1.29, 1.82) is 0 Å². The van der Waals surface area contributed by atoms with Crippen molar-refractivity contribution in [3.63, 3.8) is 0 Å². The van der Waals surface area contributed by atoms with E-state index in [-0.39, 0.29) is 15.8 Å². The van der Waals surface area contributed by atoms with E-state index in [0.717, 1.165) is 0 Å². The second-order valence-electron chi connectivity index (χ2n) is 15.1. The summed E-state index contributed by atoms with van der Waals surface area (Å²) in [6, 6.07) is 0. The van der Waals surface area contributed by atoms with Crippen molar-refractivity contribution in [3.05, 3.63) is 0 Å². The molecular formula is C36H68Br2NiP2+2. The zero-order chi connectivity index (χ0) is 28.5. The first kappa shape index (κ1) is 36.2. The van der Waals surface area contributed by atoms with Crippen LogP contribution in [-0.4, -0.2) is 34.0 Å². The van der Waals surface area contributed by atoms with E-state index in [4.69, 9.17) is 0 Å². The van der Waals surface area contributed by atoms with E-state index in [1.807, 2.05) is 0 Å². The van der Waals surface area contributed by atoms with Crippen molar-refractivity contribution < 1.29 is 10.9 Å². The van der Waals surface area contributed by atoms with Crippen LogP contribution in [0.2, 0.25) is 0 Å². The standard InChI is InChI=1S/2C18H33P.2BrH.Ni/c2*1-4-10-16(11-5-1)19(17-12-6-2-7-13-17)18-14-8-3-9-15-18;;;/h2*16-18H,1-15H2;2*1H;/q;;;;+2. The minimum atomic E-state index is -0.0465. The molecule has 0 atom stereocenters. The van der Waals surface area contributed by atoms with Gasteiger partial charge in [-0.15, -0.1) is 0 Å². The Morgan fingerprint density at radius 2 is 0.390 bits per heavy atom. The van der Waals surface area contributed by atoms with Crippen molar-refractivity contribution in [2.45, 2.75) is 227 Å². The number of rotatable bonds is 6. The van der Waals surface area contributed by atoms with Gasteiger partial charge in [-0.25, -0.2) is 0 Å². The molecule has 0 bridgehead atoms. The van der Waals surface area contributed by atoms with Crippen LogP contribution in [0, 0.1) is 0 Å². The van der Waals surface area contributed by atoms with E-state index in [9.17, 15) is 0 Å². The van der Waals surface area contributed by atoms with Gasteiger partial charge in [-0.05, 0) is 154 Å². The molecule has 0 unspecified atom stereocenters. The van der Waals surface area contributed by atoms with Crippen molar-refractivity contribution in [2.75, 3.05) is 0 Å². The van der Waals surface area contributed by atoms with Gasteiger partial charge in [-0.2, -0.15) is 0 Å². The minimum absolute atomic E-state index is 0.0465. The van der Waals surface area contributed by atoms with Gasteiger partial charge >= 0.3 is 39.3 Å². The van der Waals surface area contributed by atoms with Gasteiger partial charge < -0.3 is 0 Å². The summed E-state index contributed by atoms with van der Waals surface area (Å²) in [6.45, 7) is 0. The predicted octanol–water partition coefficient (Wildman–Crippen LogP) is 14.1. The molecule has 0 aliphatic heterocycles. The third-order valence-corrected chi connectivity index (χ3v) is 21.6. The van der Waals surface area contributed by atoms with Gasteiger partial charge in [0.25, 0.3) is 0 Å². The van der Waals surface area contributed by atoms with Gasteiger partial charge in [0.1, 0.15) is 0 Å². The molecule has 6 aliphatic carbocycles. The van der Waals surface area contributed by atoms with Crippen LogP contribution >= 0.6 is 44.3 Å². The molecule has 0 amide bonds. The third-order valence-electron chi connectivity index (χ3n) is 12.5. The Hall–Kier alpha value is 2.31. The first-order valence-electron chi connectivity index (χ1n) is 18.9. The fourth-order valence-corrected chi connectivity index (χ4v) is 21.1. The monoisotopic (exact) mass is 778 g/mol. The summed E-state index contributed by atoms with van der Waals surface area (Å²) in [5.74, 6) is 0. The third kappa shape index (κ3) is 12.5. The van der Waals surface area contributed by atoms with Gasteiger partial charge in [0.2, 0.25) is 0 Å². The first-order valence-corrected chi connectivity index (χ1v) is 27.2. The van der Waals surface area contributed by atoms with E-state index >= 15 is 0 Å². The average Bonchev–Trinajstić information content (AvgIpc) is 3.05. The van der Waals surface area contributed by atoms with Crippen LogP contribution in [0.25, 0.3) is 0 Å². The molecule has 0 spiro atoms. The van der Waals surface area contributed by atoms with E-state index in [1.165, 1.54) is 44.9 Å². The van der Waals surface area contributed by atoms with Crippen LogP contribution in [0.4, 0.5) is 0 Å². The van der Waals surface area contributed by atoms with E-state index < -0.39 is 0 Å². The zero-order valence-corrected chi connectivity index (χ0v) is 32.9. The summed E-state index contributed by atoms with van der Waals surface area (Å²) in [6.07, 6.45) is 47.6. The Morgan fingerprint density at radius 1 is 0.268 bits per heavy atom. The Morgan fingerprint density at radius 3 is 0.512 bits per heavy atom. The SMILES string of the molecule is C1CCC([PH+](C2CCCCC2)C2CCCCC2)CC1.C1CCC([PH+](C2CCCCC2)C2CCCCC2)CC1.[Br][Ni][Br]. The summed E-state index contributed by atoms with van der Waals surface area (Å²) in [5, 5.41) is 0. The van der Waals surface area contributed by atoms with Crippen molar-refractivity contribution >= 4 is 44.3 Å². The summed E-state index contributed by atoms with van der Waals surface area (Å²) < 4.78 is 0. The van der Waals surface area contributed by atoms with Crippen LogP contribution in [0.3, 0.4) is 0 Å². The van der Waals surface area contributed by atoms with Crippen LogP contribution < -0.4 is 0 Å². The van der Waals surface area contributed by atoms with Crippen LogP contribution in [-0.2, 0) is 10.9 Å². The molecule has 5 heteroatoms. The first-order chi connectivity index (χ1) is 20.3. The van der Waals surface area contributed by atoms with E-state index in [1.54, 1.807) is 193 Å². The van der Waals surface area contributed by atoms with Gasteiger partial charge in [-0.3, -0.25) is 0 Å². The van der Waals surface area contributed by atoms with Gasteiger partial charge in [0.05, 0.1) is 34.0 Å². The molecule has 0 aromatic heterocycles. The average molecular weight is 781 g/mol. The Kier molecular flexibility index (Phi) is 19.4. The molecule has 0 N–H and O–H groups in total. The van der Waals surface area contributed by atoms with Crippen molar-refractivity contribution in [3.8, 4) is 0 Å². The quantitative estimate of drug-likeness (QED) is 0.186. The molecule has 0 aromatic carbocycles. The maximum absolute atomic E-state index is 3.00. The van der Waals surface area contributed by atoms with Gasteiger partial charge in [-0.1, -0.05) is 38.5 Å². The second-order valence-corrected chi connectivity index (χ2v) is 26.9. The number of halogens is 2. The van der Waals surface area contributed by atoms with Crippen LogP contribution in [0.1, 0.15) is 193 Å². The normalized spacial score (nSPS) is 27.3. The molecule has 0 saturated heterocycles. The maximum atomic E-state index is 3.00. The Labute approximate surface area is 279 Å². The number of hydrogen-bond acceptors (Lipinski definition) is 0. The molecule has 6 fully saturated rings. The number of hydrogen-bond donors (Lipinski definition) is 0. The molecule has 0 heterocycles. The second kappa shape index (κ2) is 22.0. The Balaban J connectivity index is 0.000000173. The molecule has 6 saturated carbocycles. The van der Waals surface area contributed by atoms with E-state index in [2.05, 4.69) is 28.5 Å². The molecule has 0 radical (unpaired) electrons.